The Hall–Kier alpha value is -0.510. The average Bonchev–Trinajstić information content (AvgIpc) is 2.16. The van der Waals surface area contributed by atoms with Crippen molar-refractivity contribution >= 4 is 0 Å². The van der Waals surface area contributed by atoms with Gasteiger partial charge in [-0.3, -0.25) is 0 Å². The quantitative estimate of drug-likeness (QED) is 0.741. The van der Waals surface area contributed by atoms with Crippen LogP contribution in [-0.2, 0) is 0 Å². The molecule has 0 radical (unpaired) electrons. The Morgan fingerprint density at radius 1 is 1.38 bits per heavy atom. The average molecular weight is 236 g/mol. The largest absolute Gasteiger partial charge is 0.417 e. The van der Waals surface area contributed by atoms with Gasteiger partial charge in [0.2, 0.25) is 0 Å². The van der Waals surface area contributed by atoms with Crippen molar-refractivity contribution in [1.82, 2.24) is 0 Å². The highest BCUT2D eigenvalue weighted by atomic mass is 19.4. The van der Waals surface area contributed by atoms with Gasteiger partial charge in [0, 0.05) is 5.92 Å². The molecule has 1 N–H and O–H groups in total. The van der Waals surface area contributed by atoms with E-state index in [-0.39, 0.29) is 12.3 Å². The molecule has 1 aliphatic rings. The van der Waals surface area contributed by atoms with E-state index >= 15 is 0 Å². The Balaban J connectivity index is 2.93. The van der Waals surface area contributed by atoms with Crippen LogP contribution in [0.4, 0.5) is 13.2 Å². The van der Waals surface area contributed by atoms with Gasteiger partial charge >= 0.3 is 6.18 Å². The third kappa shape index (κ3) is 2.78. The van der Waals surface area contributed by atoms with E-state index in [1.54, 1.807) is 19.9 Å². The van der Waals surface area contributed by atoms with Gasteiger partial charge in [-0.15, -0.1) is 0 Å². The van der Waals surface area contributed by atoms with Crippen LogP contribution in [0.15, 0.2) is 12.2 Å². The summed E-state index contributed by atoms with van der Waals surface area (Å²) in [7, 11) is 0. The van der Waals surface area contributed by atoms with Crippen LogP contribution in [0.25, 0.3) is 0 Å². The summed E-state index contributed by atoms with van der Waals surface area (Å²) in [5.41, 5.74) is -2.56. The Morgan fingerprint density at radius 2 is 2.00 bits per heavy atom. The minimum absolute atomic E-state index is 0.179. The van der Waals surface area contributed by atoms with E-state index in [1.807, 2.05) is 0 Å². The van der Waals surface area contributed by atoms with Crippen molar-refractivity contribution < 1.29 is 18.3 Å². The summed E-state index contributed by atoms with van der Waals surface area (Å²) in [5, 5.41) is 9.97. The third-order valence-electron chi connectivity index (χ3n) is 3.08. The lowest BCUT2D eigenvalue weighted by Gasteiger charge is -2.38. The minimum atomic E-state index is -4.55. The van der Waals surface area contributed by atoms with Crippen molar-refractivity contribution in [2.75, 3.05) is 0 Å². The second-order valence-corrected chi connectivity index (χ2v) is 4.99. The fourth-order valence-electron chi connectivity index (χ4n) is 2.31. The van der Waals surface area contributed by atoms with Crippen LogP contribution in [0.1, 0.15) is 39.5 Å². The molecule has 0 saturated heterocycles. The molecule has 16 heavy (non-hydrogen) atoms. The summed E-state index contributed by atoms with van der Waals surface area (Å²) < 4.78 is 38.9. The molecule has 0 bridgehead atoms. The molecule has 4 heteroatoms. The topological polar surface area (TPSA) is 20.2 Å². The molecule has 1 aliphatic carbocycles. The smallest absolute Gasteiger partial charge is 0.380 e. The van der Waals surface area contributed by atoms with Crippen LogP contribution in [-0.4, -0.2) is 16.9 Å². The summed E-state index contributed by atoms with van der Waals surface area (Å²) in [6, 6.07) is 0. The van der Waals surface area contributed by atoms with E-state index in [0.29, 0.717) is 6.42 Å². The molecule has 0 aromatic carbocycles. The molecular formula is C12H19F3O. The lowest BCUT2D eigenvalue weighted by atomic mass is 9.76. The zero-order valence-electron chi connectivity index (χ0n) is 9.72. The Labute approximate surface area is 94.3 Å². The van der Waals surface area contributed by atoms with E-state index in [0.717, 1.165) is 12.8 Å². The number of rotatable bonds is 3. The van der Waals surface area contributed by atoms with E-state index in [1.165, 1.54) is 6.08 Å². The number of alkyl halides is 3. The molecule has 0 aromatic heterocycles. The normalized spacial score (nSPS) is 25.8. The van der Waals surface area contributed by atoms with Crippen LogP contribution in [0.2, 0.25) is 0 Å². The second-order valence-electron chi connectivity index (χ2n) is 4.99. The van der Waals surface area contributed by atoms with Crippen LogP contribution in [0.3, 0.4) is 0 Å². The molecule has 0 aliphatic heterocycles. The first-order chi connectivity index (χ1) is 7.27. The first-order valence-electron chi connectivity index (χ1n) is 5.73. The number of aliphatic hydroxyl groups is 1. The maximum Gasteiger partial charge on any atom is 0.417 e. The monoisotopic (exact) mass is 236 g/mol. The van der Waals surface area contributed by atoms with Gasteiger partial charge in [0.05, 0.1) is 0 Å². The van der Waals surface area contributed by atoms with Crippen molar-refractivity contribution in [3.63, 3.8) is 0 Å². The number of hydrogen-bond acceptors (Lipinski definition) is 1. The van der Waals surface area contributed by atoms with Gasteiger partial charge < -0.3 is 5.11 Å². The fraction of sp³-hybridized carbons (Fsp3) is 0.833. The molecule has 0 saturated carbocycles. The lowest BCUT2D eigenvalue weighted by Crippen LogP contribution is -2.52. The van der Waals surface area contributed by atoms with Gasteiger partial charge in [0.25, 0.3) is 0 Å². The molecular weight excluding hydrogens is 217 g/mol. The van der Waals surface area contributed by atoms with Crippen molar-refractivity contribution in [3.05, 3.63) is 12.2 Å². The van der Waals surface area contributed by atoms with Crippen LogP contribution < -0.4 is 0 Å². The predicted octanol–water partition coefficient (Wildman–Crippen LogP) is 3.68. The summed E-state index contributed by atoms with van der Waals surface area (Å²) in [4.78, 5) is 0. The molecule has 1 unspecified atom stereocenters. The van der Waals surface area contributed by atoms with Gasteiger partial charge in [-0.05, 0) is 31.6 Å². The van der Waals surface area contributed by atoms with Crippen LogP contribution in [0.5, 0.6) is 0 Å². The zero-order valence-corrected chi connectivity index (χ0v) is 9.72. The van der Waals surface area contributed by atoms with Gasteiger partial charge in [-0.25, -0.2) is 0 Å². The highest BCUT2D eigenvalue weighted by Gasteiger charge is 2.57. The summed E-state index contributed by atoms with van der Waals surface area (Å²) in [6.45, 7) is 3.40. The fourth-order valence-corrected chi connectivity index (χ4v) is 2.31. The maximum atomic E-state index is 13.0. The Morgan fingerprint density at radius 3 is 2.38 bits per heavy atom. The molecule has 0 heterocycles. The number of hydrogen-bond donors (Lipinski definition) is 1. The zero-order chi connectivity index (χ0) is 12.4. The second kappa shape index (κ2) is 4.78. The summed E-state index contributed by atoms with van der Waals surface area (Å²) in [6.07, 6.45) is 0.433. The molecule has 0 aromatic rings. The molecule has 2 atom stereocenters. The highest BCUT2D eigenvalue weighted by molar-refractivity contribution is 5.06. The van der Waals surface area contributed by atoms with Crippen molar-refractivity contribution in [2.45, 2.75) is 51.3 Å². The molecule has 94 valence electrons. The number of allylic oxidation sites excluding steroid dienone is 1. The number of halogens is 3. The molecule has 0 spiro atoms. The predicted molar refractivity (Wildman–Crippen MR) is 56.9 cm³/mol. The van der Waals surface area contributed by atoms with Crippen molar-refractivity contribution in [2.24, 2.45) is 11.8 Å². The van der Waals surface area contributed by atoms with E-state index in [4.69, 9.17) is 0 Å². The maximum absolute atomic E-state index is 13.0. The Kier molecular flexibility index (Phi) is 4.05. The SMILES string of the molecule is CC(C)CC(O)([C@H]1C=CCCC1)C(F)(F)F. The molecule has 1 rings (SSSR count). The molecule has 0 amide bonds. The van der Waals surface area contributed by atoms with Crippen molar-refractivity contribution in [3.8, 4) is 0 Å². The van der Waals surface area contributed by atoms with Crippen LogP contribution >= 0.6 is 0 Å². The summed E-state index contributed by atoms with van der Waals surface area (Å²) in [5.74, 6) is -0.967. The van der Waals surface area contributed by atoms with Gasteiger partial charge in [0.15, 0.2) is 5.60 Å². The third-order valence-corrected chi connectivity index (χ3v) is 3.08. The van der Waals surface area contributed by atoms with Gasteiger partial charge in [-0.1, -0.05) is 26.0 Å². The van der Waals surface area contributed by atoms with Gasteiger partial charge in [0.1, 0.15) is 0 Å². The van der Waals surface area contributed by atoms with E-state index in [9.17, 15) is 18.3 Å². The highest BCUT2D eigenvalue weighted by Crippen LogP contribution is 2.44. The first-order valence-corrected chi connectivity index (χ1v) is 5.73. The van der Waals surface area contributed by atoms with Crippen LogP contribution in [0, 0.1) is 11.8 Å². The Bertz CT molecular complexity index is 257. The lowest BCUT2D eigenvalue weighted by molar-refractivity contribution is -0.280. The summed E-state index contributed by atoms with van der Waals surface area (Å²) >= 11 is 0. The van der Waals surface area contributed by atoms with E-state index in [2.05, 4.69) is 0 Å². The first kappa shape index (κ1) is 13.6. The van der Waals surface area contributed by atoms with Gasteiger partial charge in [-0.2, -0.15) is 13.2 Å². The van der Waals surface area contributed by atoms with E-state index < -0.39 is 17.7 Å². The molecule has 0 fully saturated rings. The standard InChI is InChI=1S/C12H19F3O/c1-9(2)8-11(16,12(13,14)15)10-6-4-3-5-7-10/h4,6,9-10,16H,3,5,7-8H2,1-2H3/t10-,11?/m0/s1. The minimum Gasteiger partial charge on any atom is -0.380 e. The molecule has 1 nitrogen and oxygen atoms in total. The van der Waals surface area contributed by atoms with Crippen molar-refractivity contribution in [1.29, 1.82) is 0 Å².